The zero-order valence-corrected chi connectivity index (χ0v) is 14.1. The molecule has 0 saturated heterocycles. The summed E-state index contributed by atoms with van der Waals surface area (Å²) >= 11 is 0. The molecule has 0 radical (unpaired) electrons. The summed E-state index contributed by atoms with van der Waals surface area (Å²) < 4.78 is 32.7. The molecule has 0 spiro atoms. The summed E-state index contributed by atoms with van der Waals surface area (Å²) in [5, 5.41) is 0. The Balaban J connectivity index is 1.72. The molecule has 1 N–H and O–H groups in total. The van der Waals surface area contributed by atoms with Gasteiger partial charge in [0.2, 0.25) is 10.0 Å². The molecule has 0 amide bonds. The van der Waals surface area contributed by atoms with Crippen LogP contribution < -0.4 is 4.72 Å². The van der Waals surface area contributed by atoms with Gasteiger partial charge in [0, 0.05) is 25.5 Å². The molecule has 0 saturated carbocycles. The van der Waals surface area contributed by atoms with Crippen LogP contribution in [0.1, 0.15) is 11.7 Å². The molecule has 3 aromatic rings. The van der Waals surface area contributed by atoms with Crippen LogP contribution in [0.5, 0.6) is 0 Å². The van der Waals surface area contributed by atoms with E-state index in [1.165, 1.54) is 0 Å². The summed E-state index contributed by atoms with van der Waals surface area (Å²) in [7, 11) is -3.51. The molecule has 1 aromatic heterocycles. The fourth-order valence-electron chi connectivity index (χ4n) is 2.44. The number of nitrogens with zero attached hydrogens (tertiary/aromatic N) is 1. The van der Waals surface area contributed by atoms with Crippen molar-refractivity contribution in [2.45, 2.75) is 18.2 Å². The van der Waals surface area contributed by atoms with Crippen molar-refractivity contribution in [2.24, 2.45) is 0 Å². The van der Waals surface area contributed by atoms with Crippen LogP contribution in [0.2, 0.25) is 0 Å². The number of benzene rings is 2. The number of rotatable bonds is 6. The molecule has 124 valence electrons. The smallest absolute Gasteiger partial charge is 0.240 e. The first-order chi connectivity index (χ1) is 11.6. The first-order valence-corrected chi connectivity index (χ1v) is 9.11. The maximum Gasteiger partial charge on any atom is 0.240 e. The van der Waals surface area contributed by atoms with Crippen molar-refractivity contribution in [3.05, 3.63) is 72.3 Å². The maximum absolute atomic E-state index is 12.2. The lowest BCUT2D eigenvalue weighted by atomic mass is 10.1. The number of aromatic nitrogens is 1. The third-order valence-corrected chi connectivity index (χ3v) is 5.03. The Morgan fingerprint density at radius 3 is 2.29 bits per heavy atom. The van der Waals surface area contributed by atoms with E-state index in [-0.39, 0.29) is 11.4 Å². The molecule has 24 heavy (non-hydrogen) atoms. The second kappa shape index (κ2) is 6.98. The molecular weight excluding hydrogens is 324 g/mol. The summed E-state index contributed by atoms with van der Waals surface area (Å²) in [6.07, 6.45) is 0.428. The molecule has 0 fully saturated rings. The van der Waals surface area contributed by atoms with Gasteiger partial charge in [0.05, 0.1) is 4.90 Å². The largest absolute Gasteiger partial charge is 0.445 e. The maximum atomic E-state index is 12.2. The van der Waals surface area contributed by atoms with E-state index in [2.05, 4.69) is 9.71 Å². The van der Waals surface area contributed by atoms with Crippen LogP contribution in [-0.4, -0.2) is 19.9 Å². The van der Waals surface area contributed by atoms with Crippen LogP contribution in [0.4, 0.5) is 0 Å². The SMILES string of the molecule is Cc1nc(-c2ccccc2)c(CCNS(=O)(=O)c2ccccc2)o1. The second-order valence-corrected chi connectivity index (χ2v) is 7.10. The topological polar surface area (TPSA) is 72.2 Å². The second-order valence-electron chi connectivity index (χ2n) is 5.33. The van der Waals surface area contributed by atoms with Gasteiger partial charge in [-0.3, -0.25) is 0 Å². The van der Waals surface area contributed by atoms with E-state index in [0.717, 1.165) is 11.3 Å². The molecule has 1 heterocycles. The zero-order chi connectivity index (χ0) is 17.0. The number of oxazole rings is 1. The standard InChI is InChI=1S/C18H18N2O3S/c1-14-20-18(15-8-4-2-5-9-15)17(23-14)12-13-19-24(21,22)16-10-6-3-7-11-16/h2-11,19H,12-13H2,1H3. The third kappa shape index (κ3) is 3.72. The van der Waals surface area contributed by atoms with E-state index in [4.69, 9.17) is 4.42 Å². The summed E-state index contributed by atoms with van der Waals surface area (Å²) in [6.45, 7) is 2.02. The number of hydrogen-bond acceptors (Lipinski definition) is 4. The van der Waals surface area contributed by atoms with Crippen molar-refractivity contribution < 1.29 is 12.8 Å². The van der Waals surface area contributed by atoms with Crippen LogP contribution in [0, 0.1) is 6.92 Å². The van der Waals surface area contributed by atoms with Crippen LogP contribution in [-0.2, 0) is 16.4 Å². The van der Waals surface area contributed by atoms with Gasteiger partial charge in [-0.1, -0.05) is 48.5 Å². The van der Waals surface area contributed by atoms with E-state index < -0.39 is 10.0 Å². The van der Waals surface area contributed by atoms with Gasteiger partial charge in [0.15, 0.2) is 5.89 Å². The zero-order valence-electron chi connectivity index (χ0n) is 13.3. The minimum absolute atomic E-state index is 0.242. The van der Waals surface area contributed by atoms with Gasteiger partial charge in [0.25, 0.3) is 0 Å². The van der Waals surface area contributed by atoms with Gasteiger partial charge < -0.3 is 4.42 Å². The van der Waals surface area contributed by atoms with Gasteiger partial charge in [-0.2, -0.15) is 0 Å². The Labute approximate surface area is 141 Å². The van der Waals surface area contributed by atoms with Crippen molar-refractivity contribution in [3.63, 3.8) is 0 Å². The predicted octanol–water partition coefficient (Wildman–Crippen LogP) is 3.17. The monoisotopic (exact) mass is 342 g/mol. The normalized spacial score (nSPS) is 11.5. The van der Waals surface area contributed by atoms with Crippen LogP contribution in [0.25, 0.3) is 11.3 Å². The number of nitrogens with one attached hydrogen (secondary N) is 1. The Bertz CT molecular complexity index is 904. The van der Waals surface area contributed by atoms with Crippen molar-refractivity contribution in [3.8, 4) is 11.3 Å². The third-order valence-electron chi connectivity index (χ3n) is 3.55. The number of aryl methyl sites for hydroxylation is 1. The van der Waals surface area contributed by atoms with E-state index in [1.54, 1.807) is 37.3 Å². The van der Waals surface area contributed by atoms with Crippen LogP contribution in [0.3, 0.4) is 0 Å². The molecule has 5 nitrogen and oxygen atoms in total. The number of hydrogen-bond donors (Lipinski definition) is 1. The molecule has 0 bridgehead atoms. The molecule has 6 heteroatoms. The molecule has 0 aliphatic rings. The van der Waals surface area contributed by atoms with Crippen molar-refractivity contribution in [1.29, 1.82) is 0 Å². The Morgan fingerprint density at radius 2 is 1.62 bits per heavy atom. The first-order valence-electron chi connectivity index (χ1n) is 7.63. The van der Waals surface area contributed by atoms with Crippen molar-refractivity contribution in [2.75, 3.05) is 6.54 Å². The predicted molar refractivity (Wildman–Crippen MR) is 92.0 cm³/mol. The van der Waals surface area contributed by atoms with E-state index in [1.807, 2.05) is 30.3 Å². The molecular formula is C18H18N2O3S. The number of sulfonamides is 1. The molecule has 3 rings (SSSR count). The van der Waals surface area contributed by atoms with E-state index in [0.29, 0.717) is 18.1 Å². The van der Waals surface area contributed by atoms with Crippen molar-refractivity contribution in [1.82, 2.24) is 9.71 Å². The summed E-state index contributed by atoms with van der Waals surface area (Å²) in [4.78, 5) is 4.66. The molecule has 0 unspecified atom stereocenters. The summed E-state index contributed by atoms with van der Waals surface area (Å²) in [6, 6.07) is 18.0. The fourth-order valence-corrected chi connectivity index (χ4v) is 3.50. The lowest BCUT2D eigenvalue weighted by Crippen LogP contribution is -2.25. The Morgan fingerprint density at radius 1 is 1.00 bits per heavy atom. The van der Waals surface area contributed by atoms with Crippen LogP contribution >= 0.6 is 0 Å². The highest BCUT2D eigenvalue weighted by Crippen LogP contribution is 2.24. The average Bonchev–Trinajstić information content (AvgIpc) is 2.97. The van der Waals surface area contributed by atoms with Gasteiger partial charge in [-0.25, -0.2) is 18.1 Å². The van der Waals surface area contributed by atoms with Gasteiger partial charge in [0.1, 0.15) is 11.5 Å². The van der Waals surface area contributed by atoms with Gasteiger partial charge in [-0.05, 0) is 12.1 Å². The highest BCUT2D eigenvalue weighted by molar-refractivity contribution is 7.89. The minimum atomic E-state index is -3.51. The van der Waals surface area contributed by atoms with Crippen LogP contribution in [0.15, 0.2) is 70.0 Å². The summed E-state index contributed by atoms with van der Waals surface area (Å²) in [5.74, 6) is 1.24. The first kappa shape index (κ1) is 16.4. The lowest BCUT2D eigenvalue weighted by molar-refractivity contribution is 0.473. The highest BCUT2D eigenvalue weighted by atomic mass is 32.2. The Hall–Kier alpha value is -2.44. The summed E-state index contributed by atoms with van der Waals surface area (Å²) in [5.41, 5.74) is 1.71. The fraction of sp³-hybridized carbons (Fsp3) is 0.167. The van der Waals surface area contributed by atoms with Gasteiger partial charge in [-0.15, -0.1) is 0 Å². The molecule has 0 atom stereocenters. The van der Waals surface area contributed by atoms with Gasteiger partial charge >= 0.3 is 0 Å². The van der Waals surface area contributed by atoms with E-state index in [9.17, 15) is 8.42 Å². The molecule has 0 aliphatic heterocycles. The minimum Gasteiger partial charge on any atom is -0.445 e. The van der Waals surface area contributed by atoms with E-state index >= 15 is 0 Å². The molecule has 2 aromatic carbocycles. The lowest BCUT2D eigenvalue weighted by Gasteiger charge is -2.06. The molecule has 0 aliphatic carbocycles. The highest BCUT2D eigenvalue weighted by Gasteiger charge is 2.16. The Kier molecular flexibility index (Phi) is 4.78. The quantitative estimate of drug-likeness (QED) is 0.747. The van der Waals surface area contributed by atoms with Crippen molar-refractivity contribution >= 4 is 10.0 Å². The average molecular weight is 342 g/mol.